The van der Waals surface area contributed by atoms with Crippen LogP contribution in [0.15, 0.2) is 12.2 Å². The molecular formula is C13H26. The van der Waals surface area contributed by atoms with Gasteiger partial charge in [0.05, 0.1) is 0 Å². The third-order valence-electron chi connectivity index (χ3n) is 4.84. The van der Waals surface area contributed by atoms with Crippen molar-refractivity contribution in [3.63, 3.8) is 0 Å². The zero-order valence-corrected chi connectivity index (χ0v) is 8.07. The van der Waals surface area contributed by atoms with Gasteiger partial charge in [-0.2, -0.15) is 0 Å². The Bertz CT molecular complexity index is 202. The summed E-state index contributed by atoms with van der Waals surface area (Å²) in [5.41, 5.74) is 1.46. The first-order valence-corrected chi connectivity index (χ1v) is 4.62. The molecule has 0 aromatic rings. The van der Waals surface area contributed by atoms with Gasteiger partial charge in [0.15, 0.2) is 0 Å². The van der Waals surface area contributed by atoms with Crippen LogP contribution >= 0.6 is 0 Å². The van der Waals surface area contributed by atoms with Gasteiger partial charge in [0.25, 0.3) is 0 Å². The molecule has 0 amide bonds. The Kier molecular flexibility index (Phi) is 2.81. The summed E-state index contributed by atoms with van der Waals surface area (Å²) >= 11 is 0. The van der Waals surface area contributed by atoms with E-state index in [1.54, 1.807) is 0 Å². The van der Waals surface area contributed by atoms with Gasteiger partial charge in [0, 0.05) is 0 Å². The molecule has 0 saturated heterocycles. The molecule has 2 rings (SSSR count). The van der Waals surface area contributed by atoms with Crippen LogP contribution in [0.3, 0.4) is 0 Å². The van der Waals surface area contributed by atoms with Crippen LogP contribution in [0.5, 0.6) is 0 Å². The smallest absolute Gasteiger partial charge is 0.00867 e. The summed E-state index contributed by atoms with van der Waals surface area (Å²) in [6, 6.07) is 0. The zero-order valence-electron chi connectivity index (χ0n) is 8.07. The minimum absolute atomic E-state index is 0. The Labute approximate surface area is 84.4 Å². The van der Waals surface area contributed by atoms with E-state index in [4.69, 9.17) is 0 Å². The molecule has 0 radical (unpaired) electrons. The van der Waals surface area contributed by atoms with E-state index in [9.17, 15) is 0 Å². The van der Waals surface area contributed by atoms with Crippen molar-refractivity contribution in [2.75, 3.05) is 0 Å². The van der Waals surface area contributed by atoms with E-state index < -0.39 is 0 Å². The fourth-order valence-electron chi connectivity index (χ4n) is 2.75. The standard InChI is InChI=1S/C11H18.2CH4/c1-9(2)10(3)5-7-11(9,4)8-6-10;;/h5,7H,6,8H2,1-4H3;2*1H4. The lowest BCUT2D eigenvalue weighted by Crippen LogP contribution is -2.32. The molecule has 13 heavy (non-hydrogen) atoms. The summed E-state index contributed by atoms with van der Waals surface area (Å²) in [7, 11) is 0. The van der Waals surface area contributed by atoms with Crippen molar-refractivity contribution in [1.29, 1.82) is 0 Å². The maximum Gasteiger partial charge on any atom is -0.00867 e. The number of hydrogen-bond donors (Lipinski definition) is 0. The predicted molar refractivity (Wildman–Crippen MR) is 61.8 cm³/mol. The highest BCUT2D eigenvalue weighted by atomic mass is 14.6. The van der Waals surface area contributed by atoms with Gasteiger partial charge < -0.3 is 0 Å². The molecule has 2 aliphatic rings. The summed E-state index contributed by atoms with van der Waals surface area (Å²) in [6.45, 7) is 9.64. The van der Waals surface area contributed by atoms with Crippen LogP contribution < -0.4 is 0 Å². The topological polar surface area (TPSA) is 0 Å². The number of fused-ring (bicyclic) bond motifs is 2. The number of rotatable bonds is 0. The van der Waals surface area contributed by atoms with Crippen molar-refractivity contribution in [2.45, 2.75) is 55.4 Å². The number of hydrogen-bond acceptors (Lipinski definition) is 0. The van der Waals surface area contributed by atoms with Gasteiger partial charge in [-0.3, -0.25) is 0 Å². The molecule has 0 heteroatoms. The molecule has 0 aliphatic heterocycles. The third kappa shape index (κ3) is 1.11. The Morgan fingerprint density at radius 2 is 1.08 bits per heavy atom. The first kappa shape index (κ1) is 12.7. The van der Waals surface area contributed by atoms with Crippen molar-refractivity contribution >= 4 is 0 Å². The second-order valence-corrected chi connectivity index (χ2v) is 5.29. The lowest BCUT2D eigenvalue weighted by atomic mass is 9.65. The quantitative estimate of drug-likeness (QED) is 0.478. The van der Waals surface area contributed by atoms with Crippen molar-refractivity contribution in [2.24, 2.45) is 16.2 Å². The molecule has 2 bridgehead atoms. The first-order chi connectivity index (χ1) is 4.91. The zero-order chi connectivity index (χ0) is 8.33. The van der Waals surface area contributed by atoms with Crippen molar-refractivity contribution in [3.05, 3.63) is 12.2 Å². The molecule has 1 fully saturated rings. The van der Waals surface area contributed by atoms with Crippen molar-refractivity contribution in [3.8, 4) is 0 Å². The lowest BCUT2D eigenvalue weighted by molar-refractivity contribution is 0.120. The summed E-state index contributed by atoms with van der Waals surface area (Å²) in [4.78, 5) is 0. The Morgan fingerprint density at radius 1 is 0.769 bits per heavy atom. The van der Waals surface area contributed by atoms with Gasteiger partial charge in [-0.15, -0.1) is 0 Å². The second-order valence-electron chi connectivity index (χ2n) is 5.29. The second kappa shape index (κ2) is 2.87. The molecule has 0 aromatic carbocycles. The summed E-state index contributed by atoms with van der Waals surface area (Å²) in [5.74, 6) is 0. The van der Waals surface area contributed by atoms with Crippen LogP contribution in [0.4, 0.5) is 0 Å². The van der Waals surface area contributed by atoms with E-state index in [0.717, 1.165) is 0 Å². The highest BCUT2D eigenvalue weighted by Crippen LogP contribution is 2.68. The molecule has 0 aromatic heterocycles. The molecule has 1 saturated carbocycles. The molecule has 2 unspecified atom stereocenters. The summed E-state index contributed by atoms with van der Waals surface area (Å²) in [6.07, 6.45) is 7.65. The van der Waals surface area contributed by atoms with Crippen LogP contribution in [0.1, 0.15) is 55.4 Å². The van der Waals surface area contributed by atoms with Crippen LogP contribution in [0, 0.1) is 16.2 Å². The Balaban J connectivity index is 0.000000720. The average molecular weight is 182 g/mol. The highest BCUT2D eigenvalue weighted by molar-refractivity contribution is 5.27. The van der Waals surface area contributed by atoms with Gasteiger partial charge >= 0.3 is 0 Å². The maximum atomic E-state index is 2.44. The SMILES string of the molecule is C.C.CC12C=CC(C)(CC1)C2(C)C. The third-order valence-corrected chi connectivity index (χ3v) is 4.84. The minimum atomic E-state index is 0. The van der Waals surface area contributed by atoms with Crippen LogP contribution in [-0.4, -0.2) is 0 Å². The van der Waals surface area contributed by atoms with Gasteiger partial charge in [0.2, 0.25) is 0 Å². The van der Waals surface area contributed by atoms with Crippen LogP contribution in [0.2, 0.25) is 0 Å². The van der Waals surface area contributed by atoms with Gasteiger partial charge in [-0.1, -0.05) is 54.7 Å². The fraction of sp³-hybridized carbons (Fsp3) is 0.846. The fourth-order valence-corrected chi connectivity index (χ4v) is 2.75. The molecule has 0 spiro atoms. The van der Waals surface area contributed by atoms with Gasteiger partial charge in [-0.05, 0) is 29.1 Å². The van der Waals surface area contributed by atoms with Crippen molar-refractivity contribution in [1.82, 2.24) is 0 Å². The minimum Gasteiger partial charge on any atom is -0.0814 e. The summed E-state index contributed by atoms with van der Waals surface area (Å²) in [5, 5.41) is 0. The monoisotopic (exact) mass is 182 g/mol. The van der Waals surface area contributed by atoms with E-state index in [2.05, 4.69) is 39.8 Å². The van der Waals surface area contributed by atoms with Gasteiger partial charge in [-0.25, -0.2) is 0 Å². The molecule has 2 atom stereocenters. The van der Waals surface area contributed by atoms with Crippen LogP contribution in [0.25, 0.3) is 0 Å². The molecule has 2 aliphatic carbocycles. The molecular weight excluding hydrogens is 156 g/mol. The molecule has 0 heterocycles. The molecule has 78 valence electrons. The largest absolute Gasteiger partial charge is 0.0814 e. The Hall–Kier alpha value is -0.260. The Morgan fingerprint density at radius 3 is 1.15 bits per heavy atom. The lowest BCUT2D eigenvalue weighted by Gasteiger charge is -2.39. The van der Waals surface area contributed by atoms with Crippen LogP contribution in [-0.2, 0) is 0 Å². The summed E-state index contributed by atoms with van der Waals surface area (Å²) < 4.78 is 0. The van der Waals surface area contributed by atoms with E-state index in [-0.39, 0.29) is 14.9 Å². The first-order valence-electron chi connectivity index (χ1n) is 4.62. The predicted octanol–water partition coefficient (Wildman–Crippen LogP) is 4.66. The van der Waals surface area contributed by atoms with E-state index in [1.165, 1.54) is 12.8 Å². The van der Waals surface area contributed by atoms with E-state index >= 15 is 0 Å². The molecule has 0 N–H and O–H groups in total. The highest BCUT2D eigenvalue weighted by Gasteiger charge is 2.59. The van der Waals surface area contributed by atoms with E-state index in [1.807, 2.05) is 0 Å². The number of allylic oxidation sites excluding steroid dienone is 2. The van der Waals surface area contributed by atoms with Crippen molar-refractivity contribution < 1.29 is 0 Å². The van der Waals surface area contributed by atoms with E-state index in [0.29, 0.717) is 16.2 Å². The molecule has 0 nitrogen and oxygen atoms in total. The van der Waals surface area contributed by atoms with Gasteiger partial charge in [0.1, 0.15) is 0 Å². The normalized spacial score (nSPS) is 44.0. The average Bonchev–Trinajstić information content (AvgIpc) is 2.19. The maximum absolute atomic E-state index is 2.44.